The second-order valence-electron chi connectivity index (χ2n) is 6.55. The van der Waals surface area contributed by atoms with Gasteiger partial charge in [0, 0.05) is 26.2 Å². The molecular formula is C18H17F3N4O5S. The molecule has 3 aromatic rings. The van der Waals surface area contributed by atoms with Gasteiger partial charge in [-0.25, -0.2) is 4.79 Å². The van der Waals surface area contributed by atoms with Crippen molar-refractivity contribution in [1.29, 1.82) is 0 Å². The lowest BCUT2D eigenvalue weighted by Crippen LogP contribution is -2.36. The maximum Gasteiger partial charge on any atom is 0.522 e. The van der Waals surface area contributed by atoms with E-state index in [0.29, 0.717) is 17.4 Å². The topological polar surface area (TPSA) is 115 Å². The largest absolute Gasteiger partial charge is 0.522 e. The average Bonchev–Trinajstić information content (AvgIpc) is 3.05. The molecule has 13 heteroatoms. The Morgan fingerprint density at radius 3 is 2.19 bits per heavy atom. The van der Waals surface area contributed by atoms with Crippen molar-refractivity contribution in [3.05, 3.63) is 62.9 Å². The molecule has 0 atom stereocenters. The third-order valence-corrected chi connectivity index (χ3v) is 5.18. The van der Waals surface area contributed by atoms with Gasteiger partial charge in [-0.3, -0.25) is 23.2 Å². The molecule has 0 amide bonds. The van der Waals surface area contributed by atoms with Crippen LogP contribution in [0.4, 0.5) is 13.2 Å². The summed E-state index contributed by atoms with van der Waals surface area (Å²) < 4.78 is 62.1. The zero-order valence-electron chi connectivity index (χ0n) is 16.2. The smallest absolute Gasteiger partial charge is 0.321 e. The number of alkyl halides is 3. The van der Waals surface area contributed by atoms with E-state index in [4.69, 9.17) is 13.0 Å². The molecule has 2 aromatic heterocycles. The van der Waals surface area contributed by atoms with Crippen molar-refractivity contribution in [2.75, 3.05) is 12.0 Å². The lowest BCUT2D eigenvalue weighted by molar-refractivity contribution is -0.0510. The standard InChI is InChI=1S/C17H16N4O2.CHF3O3S/c1-19-15-12-9-6-10-18-21(12)14(11-7-4-3-5-8-11)13(15)16(22)20(2)17(19)23;2-1(3,4)8(5,6)7/h3-9,18H,10H2,1-2H3;(H,5,6,7). The first-order chi connectivity index (χ1) is 14.4. The van der Waals surface area contributed by atoms with Gasteiger partial charge in [0.05, 0.1) is 22.3 Å². The highest BCUT2D eigenvalue weighted by atomic mass is 32.2. The van der Waals surface area contributed by atoms with Crippen molar-refractivity contribution < 1.29 is 26.1 Å². The van der Waals surface area contributed by atoms with Gasteiger partial charge in [0.25, 0.3) is 5.56 Å². The number of nitrogens with zero attached hydrogens (tertiary/aromatic N) is 3. The van der Waals surface area contributed by atoms with Crippen LogP contribution >= 0.6 is 0 Å². The predicted octanol–water partition coefficient (Wildman–Crippen LogP) is 1.67. The van der Waals surface area contributed by atoms with Crippen LogP contribution in [0.3, 0.4) is 0 Å². The molecule has 2 N–H and O–H groups in total. The quantitative estimate of drug-likeness (QED) is 0.424. The Balaban J connectivity index is 0.000000293. The zero-order valence-corrected chi connectivity index (χ0v) is 17.0. The van der Waals surface area contributed by atoms with Crippen molar-refractivity contribution in [2.45, 2.75) is 5.51 Å². The van der Waals surface area contributed by atoms with E-state index in [1.165, 1.54) is 11.6 Å². The van der Waals surface area contributed by atoms with Gasteiger partial charge in [0.2, 0.25) is 0 Å². The van der Waals surface area contributed by atoms with Crippen LogP contribution in [0.15, 0.2) is 46.0 Å². The van der Waals surface area contributed by atoms with Crippen LogP contribution in [0.1, 0.15) is 5.69 Å². The third kappa shape index (κ3) is 3.88. The fraction of sp³-hybridized carbons (Fsp3) is 0.222. The van der Waals surface area contributed by atoms with E-state index in [1.807, 2.05) is 47.2 Å². The summed E-state index contributed by atoms with van der Waals surface area (Å²) in [5.41, 5.74) is 0.337. The minimum absolute atomic E-state index is 0.279. The Labute approximate surface area is 173 Å². The number of hydrogen-bond donors (Lipinski definition) is 2. The highest BCUT2D eigenvalue weighted by Crippen LogP contribution is 2.32. The number of hydrogen-bond acceptors (Lipinski definition) is 5. The minimum Gasteiger partial charge on any atom is -0.321 e. The molecule has 4 rings (SSSR count). The molecule has 0 spiro atoms. The number of fused-ring (bicyclic) bond motifs is 3. The highest BCUT2D eigenvalue weighted by molar-refractivity contribution is 7.86. The van der Waals surface area contributed by atoms with E-state index in [-0.39, 0.29) is 11.2 Å². The van der Waals surface area contributed by atoms with Crippen LogP contribution in [-0.2, 0) is 24.2 Å². The summed E-state index contributed by atoms with van der Waals surface area (Å²) in [5, 5.41) is 0.551. The number of nitrogens with one attached hydrogen (secondary N) is 1. The lowest BCUT2D eigenvalue weighted by Gasteiger charge is -2.16. The van der Waals surface area contributed by atoms with Crippen LogP contribution in [0.2, 0.25) is 0 Å². The SMILES string of the molecule is Cn1c(=O)c2c(-c3ccccc3)n3c(c2n(C)c1=O)C=CCN3.O=S(=O)(O)C(F)(F)F. The van der Waals surface area contributed by atoms with Crippen LogP contribution in [0.5, 0.6) is 0 Å². The van der Waals surface area contributed by atoms with Crippen molar-refractivity contribution in [3.8, 4) is 11.3 Å². The van der Waals surface area contributed by atoms with Crippen LogP contribution < -0.4 is 16.7 Å². The Morgan fingerprint density at radius 1 is 1.06 bits per heavy atom. The van der Waals surface area contributed by atoms with E-state index < -0.39 is 15.6 Å². The van der Waals surface area contributed by atoms with Crippen molar-refractivity contribution >= 4 is 27.1 Å². The first-order valence-corrected chi connectivity index (χ1v) is 10.1. The molecule has 0 radical (unpaired) electrons. The Morgan fingerprint density at radius 2 is 1.65 bits per heavy atom. The maximum absolute atomic E-state index is 12.8. The lowest BCUT2D eigenvalue weighted by atomic mass is 10.1. The summed E-state index contributed by atoms with van der Waals surface area (Å²) in [6.45, 7) is 0.669. The molecule has 9 nitrogen and oxygen atoms in total. The molecule has 0 aliphatic carbocycles. The van der Waals surface area contributed by atoms with Gasteiger partial charge in [0.15, 0.2) is 0 Å². The maximum atomic E-state index is 12.8. The molecule has 1 aliphatic heterocycles. The van der Waals surface area contributed by atoms with Gasteiger partial charge in [-0.15, -0.1) is 0 Å². The molecule has 3 heterocycles. The van der Waals surface area contributed by atoms with Gasteiger partial charge in [-0.2, -0.15) is 21.6 Å². The van der Waals surface area contributed by atoms with Crippen LogP contribution in [-0.4, -0.2) is 38.8 Å². The van der Waals surface area contributed by atoms with Gasteiger partial charge in [0.1, 0.15) is 0 Å². The molecule has 0 saturated heterocycles. The van der Waals surface area contributed by atoms with Crippen molar-refractivity contribution in [1.82, 2.24) is 13.8 Å². The zero-order chi connectivity index (χ0) is 23.1. The fourth-order valence-electron chi connectivity index (χ4n) is 3.20. The third-order valence-electron chi connectivity index (χ3n) is 4.59. The number of aryl methyl sites for hydroxylation is 1. The van der Waals surface area contributed by atoms with E-state index in [1.54, 1.807) is 7.05 Å². The molecule has 0 bridgehead atoms. The molecule has 1 aromatic carbocycles. The average molecular weight is 458 g/mol. The first kappa shape index (κ1) is 22.4. The summed E-state index contributed by atoms with van der Waals surface area (Å²) >= 11 is 0. The first-order valence-electron chi connectivity index (χ1n) is 8.70. The van der Waals surface area contributed by atoms with Crippen molar-refractivity contribution in [3.63, 3.8) is 0 Å². The molecule has 0 saturated carbocycles. The van der Waals surface area contributed by atoms with Crippen LogP contribution in [0.25, 0.3) is 28.2 Å². The second-order valence-corrected chi connectivity index (χ2v) is 7.96. The van der Waals surface area contributed by atoms with Gasteiger partial charge in [-0.1, -0.05) is 36.4 Å². The number of benzene rings is 1. The van der Waals surface area contributed by atoms with Gasteiger partial charge in [-0.05, 0) is 6.08 Å². The second kappa shape index (κ2) is 7.74. The van der Waals surface area contributed by atoms with Crippen molar-refractivity contribution in [2.24, 2.45) is 14.1 Å². The van der Waals surface area contributed by atoms with Gasteiger partial charge >= 0.3 is 21.3 Å². The van der Waals surface area contributed by atoms with E-state index in [2.05, 4.69) is 5.43 Å². The highest BCUT2D eigenvalue weighted by Gasteiger charge is 2.44. The molecule has 0 unspecified atom stereocenters. The number of rotatable bonds is 1. The summed E-state index contributed by atoms with van der Waals surface area (Å²) in [4.78, 5) is 25.1. The molecule has 31 heavy (non-hydrogen) atoms. The van der Waals surface area contributed by atoms with Gasteiger partial charge < -0.3 is 5.43 Å². The monoisotopic (exact) mass is 458 g/mol. The number of halogens is 3. The molecule has 0 fully saturated rings. The van der Waals surface area contributed by atoms with E-state index in [9.17, 15) is 22.8 Å². The Kier molecular flexibility index (Phi) is 5.58. The van der Waals surface area contributed by atoms with E-state index in [0.717, 1.165) is 21.5 Å². The number of aromatic nitrogens is 3. The molecular weight excluding hydrogens is 441 g/mol. The summed E-state index contributed by atoms with van der Waals surface area (Å²) in [7, 11) is -2.63. The summed E-state index contributed by atoms with van der Waals surface area (Å²) in [6.07, 6.45) is 3.93. The Bertz CT molecular complexity index is 1400. The van der Waals surface area contributed by atoms with E-state index >= 15 is 0 Å². The predicted molar refractivity (Wildman–Crippen MR) is 109 cm³/mol. The molecule has 1 aliphatic rings. The molecule has 166 valence electrons. The van der Waals surface area contributed by atoms with Crippen LogP contribution in [0, 0.1) is 0 Å². The fourth-order valence-corrected chi connectivity index (χ4v) is 3.20. The normalized spacial score (nSPS) is 13.4. The Hall–Kier alpha value is -3.32. The minimum atomic E-state index is -5.84. The summed E-state index contributed by atoms with van der Waals surface area (Å²) in [5.74, 6) is 0. The summed E-state index contributed by atoms with van der Waals surface area (Å²) in [6, 6.07) is 9.74.